The van der Waals surface area contributed by atoms with Crippen molar-refractivity contribution in [3.8, 4) is 39.9 Å². The molecule has 0 aliphatic heterocycles. The topological polar surface area (TPSA) is 63.2 Å². The number of halogens is 3. The van der Waals surface area contributed by atoms with Gasteiger partial charge in [0.1, 0.15) is 17.2 Å². The molecule has 0 amide bonds. The van der Waals surface area contributed by atoms with E-state index in [4.69, 9.17) is 18.9 Å². The van der Waals surface area contributed by atoms with Gasteiger partial charge >= 0.3 is 12.3 Å². The van der Waals surface area contributed by atoms with Crippen LogP contribution in [0.4, 0.5) is 13.2 Å². The molecule has 0 aliphatic rings. The van der Waals surface area contributed by atoms with E-state index in [1.165, 1.54) is 24.3 Å². The van der Waals surface area contributed by atoms with Gasteiger partial charge in [0.2, 0.25) is 0 Å². The number of rotatable bonds is 12. The molecule has 36 heavy (non-hydrogen) atoms. The smallest absolute Gasteiger partial charge is 0.494 e. The molecule has 0 fully saturated rings. The van der Waals surface area contributed by atoms with Crippen LogP contribution >= 0.6 is 0 Å². The first kappa shape index (κ1) is 26.7. The Kier molecular flexibility index (Phi) is 9.44. The van der Waals surface area contributed by atoms with Gasteiger partial charge in [-0.1, -0.05) is 31.5 Å². The lowest BCUT2D eigenvalue weighted by Crippen LogP contribution is -2.16. The van der Waals surface area contributed by atoms with Crippen molar-refractivity contribution in [3.05, 3.63) is 66.7 Å². The zero-order valence-corrected chi connectivity index (χ0v) is 20.0. The van der Waals surface area contributed by atoms with Crippen molar-refractivity contribution in [1.82, 2.24) is 0 Å². The van der Waals surface area contributed by atoms with Gasteiger partial charge in [0, 0.05) is 0 Å². The molecule has 9 heteroatoms. The van der Waals surface area contributed by atoms with Gasteiger partial charge in [-0.25, -0.2) is 4.79 Å². The molecule has 3 aromatic carbocycles. The Bertz CT molecular complexity index is 1110. The molecule has 3 rings (SSSR count). The van der Waals surface area contributed by atoms with Crippen LogP contribution in [0, 0.1) is 0 Å². The first-order valence-electron chi connectivity index (χ1n) is 11.5. The third-order valence-corrected chi connectivity index (χ3v) is 4.83. The molecule has 0 bridgehead atoms. The monoisotopic (exact) mass is 504 g/mol. The van der Waals surface area contributed by atoms with Crippen molar-refractivity contribution in [1.29, 1.82) is 0 Å². The quantitative estimate of drug-likeness (QED) is 0.193. The van der Waals surface area contributed by atoms with Gasteiger partial charge in [-0.3, -0.25) is 0 Å². The second-order valence-electron chi connectivity index (χ2n) is 7.60. The zero-order valence-electron chi connectivity index (χ0n) is 20.0. The van der Waals surface area contributed by atoms with E-state index in [0.29, 0.717) is 40.7 Å². The largest absolute Gasteiger partial charge is 0.573 e. The average Bonchev–Trinajstić information content (AvgIpc) is 2.84. The Morgan fingerprint density at radius 1 is 0.778 bits per heavy atom. The summed E-state index contributed by atoms with van der Waals surface area (Å²) >= 11 is 0. The molecular formula is C27H27F3O6. The number of ether oxygens (including phenoxy) is 5. The fourth-order valence-corrected chi connectivity index (χ4v) is 3.14. The molecular weight excluding hydrogens is 477 g/mol. The summed E-state index contributed by atoms with van der Waals surface area (Å²) in [5, 5.41) is 0. The fourth-order valence-electron chi connectivity index (χ4n) is 3.14. The van der Waals surface area contributed by atoms with Crippen LogP contribution in [0.15, 0.2) is 66.7 Å². The first-order chi connectivity index (χ1) is 17.3. The normalized spacial score (nSPS) is 11.0. The van der Waals surface area contributed by atoms with Crippen molar-refractivity contribution in [3.63, 3.8) is 0 Å². The lowest BCUT2D eigenvalue weighted by molar-refractivity contribution is -0.274. The molecule has 0 spiro atoms. The SMILES string of the molecule is CCCCOc1ccc(Oc2cc(-c3ccc(OC(F)(F)F)cc3)ccc2OCC(=O)OCC)cc1. The van der Waals surface area contributed by atoms with E-state index in [-0.39, 0.29) is 19.0 Å². The number of hydrogen-bond donors (Lipinski definition) is 0. The highest BCUT2D eigenvalue weighted by Gasteiger charge is 2.31. The van der Waals surface area contributed by atoms with Gasteiger partial charge in [0.15, 0.2) is 18.1 Å². The third kappa shape index (κ3) is 8.41. The maximum Gasteiger partial charge on any atom is 0.573 e. The third-order valence-electron chi connectivity index (χ3n) is 4.83. The number of hydrogen-bond acceptors (Lipinski definition) is 6. The Hall–Kier alpha value is -3.88. The first-order valence-corrected chi connectivity index (χ1v) is 11.5. The highest BCUT2D eigenvalue weighted by molar-refractivity contribution is 5.72. The molecule has 3 aromatic rings. The minimum absolute atomic E-state index is 0.227. The van der Waals surface area contributed by atoms with E-state index in [2.05, 4.69) is 11.7 Å². The lowest BCUT2D eigenvalue weighted by Gasteiger charge is -2.15. The predicted molar refractivity (Wildman–Crippen MR) is 128 cm³/mol. The maximum atomic E-state index is 12.5. The molecule has 0 N–H and O–H groups in total. The molecule has 0 saturated heterocycles. The van der Waals surface area contributed by atoms with Crippen LogP contribution in [-0.4, -0.2) is 32.2 Å². The Balaban J connectivity index is 1.82. The summed E-state index contributed by atoms with van der Waals surface area (Å²) in [5.74, 6) is 0.980. The minimum atomic E-state index is -4.77. The van der Waals surface area contributed by atoms with Crippen molar-refractivity contribution >= 4 is 5.97 Å². The highest BCUT2D eigenvalue weighted by atomic mass is 19.4. The van der Waals surface area contributed by atoms with Crippen LogP contribution < -0.4 is 18.9 Å². The number of esters is 1. The molecule has 0 radical (unpaired) electrons. The standard InChI is InChI=1S/C27H27F3O6/c1-3-5-16-33-21-11-13-22(14-12-21)35-25-17-20(8-15-24(25)34-18-26(31)32-4-2)19-6-9-23(10-7-19)36-27(28,29)30/h6-15,17H,3-5,16,18H2,1-2H3. The van der Waals surface area contributed by atoms with Crippen LogP contribution in [0.3, 0.4) is 0 Å². The number of alkyl halides is 3. The molecule has 0 aromatic heterocycles. The van der Waals surface area contributed by atoms with Crippen LogP contribution in [0.5, 0.6) is 28.7 Å². The van der Waals surface area contributed by atoms with E-state index < -0.39 is 12.3 Å². The van der Waals surface area contributed by atoms with Gasteiger partial charge in [0.05, 0.1) is 13.2 Å². The Labute approximate surface area is 207 Å². The summed E-state index contributed by atoms with van der Waals surface area (Å²) < 4.78 is 63.5. The van der Waals surface area contributed by atoms with Crippen molar-refractivity contribution in [2.24, 2.45) is 0 Å². The van der Waals surface area contributed by atoms with E-state index in [1.807, 2.05) is 0 Å². The Morgan fingerprint density at radius 3 is 2.06 bits per heavy atom. The number of benzene rings is 3. The summed E-state index contributed by atoms with van der Waals surface area (Å²) in [5.41, 5.74) is 1.29. The molecule has 0 unspecified atom stereocenters. The number of unbranched alkanes of at least 4 members (excludes halogenated alkanes) is 1. The molecule has 192 valence electrons. The second kappa shape index (κ2) is 12.7. The molecule has 6 nitrogen and oxygen atoms in total. The van der Waals surface area contributed by atoms with E-state index in [0.717, 1.165) is 12.8 Å². The predicted octanol–water partition coefficient (Wildman–Crippen LogP) is 7.17. The van der Waals surface area contributed by atoms with Crippen molar-refractivity contribution in [2.75, 3.05) is 19.8 Å². The molecule has 0 atom stereocenters. The fraction of sp³-hybridized carbons (Fsp3) is 0.296. The van der Waals surface area contributed by atoms with Gasteiger partial charge in [-0.15, -0.1) is 13.2 Å². The van der Waals surface area contributed by atoms with Crippen molar-refractivity contribution in [2.45, 2.75) is 33.1 Å². The summed E-state index contributed by atoms with van der Waals surface area (Å²) in [6.07, 6.45) is -2.78. The van der Waals surface area contributed by atoms with Gasteiger partial charge < -0.3 is 23.7 Å². The van der Waals surface area contributed by atoms with Crippen LogP contribution in [0.1, 0.15) is 26.7 Å². The second-order valence-corrected chi connectivity index (χ2v) is 7.60. The van der Waals surface area contributed by atoms with E-state index >= 15 is 0 Å². The molecule has 0 aliphatic carbocycles. The lowest BCUT2D eigenvalue weighted by atomic mass is 10.0. The van der Waals surface area contributed by atoms with Crippen LogP contribution in [-0.2, 0) is 9.53 Å². The molecule has 0 saturated carbocycles. The average molecular weight is 505 g/mol. The summed E-state index contributed by atoms with van der Waals surface area (Å²) in [6.45, 7) is 4.32. The number of carbonyl (C=O) groups is 1. The van der Waals surface area contributed by atoms with Crippen LogP contribution in [0.2, 0.25) is 0 Å². The summed E-state index contributed by atoms with van der Waals surface area (Å²) in [7, 11) is 0. The van der Waals surface area contributed by atoms with E-state index in [1.54, 1.807) is 49.4 Å². The maximum absolute atomic E-state index is 12.5. The Morgan fingerprint density at radius 2 is 1.42 bits per heavy atom. The minimum Gasteiger partial charge on any atom is -0.494 e. The van der Waals surface area contributed by atoms with Crippen LogP contribution in [0.25, 0.3) is 11.1 Å². The van der Waals surface area contributed by atoms with E-state index in [9.17, 15) is 18.0 Å². The summed E-state index contributed by atoms with van der Waals surface area (Å²) in [4.78, 5) is 11.8. The van der Waals surface area contributed by atoms with Gasteiger partial charge in [-0.05, 0) is 73.0 Å². The molecule has 0 heterocycles. The van der Waals surface area contributed by atoms with Gasteiger partial charge in [-0.2, -0.15) is 0 Å². The number of carbonyl (C=O) groups excluding carboxylic acids is 1. The van der Waals surface area contributed by atoms with Crippen molar-refractivity contribution < 1.29 is 41.7 Å². The van der Waals surface area contributed by atoms with Gasteiger partial charge in [0.25, 0.3) is 0 Å². The summed E-state index contributed by atoms with van der Waals surface area (Å²) in [6, 6.07) is 17.5. The highest BCUT2D eigenvalue weighted by Crippen LogP contribution is 2.37. The zero-order chi connectivity index (χ0) is 26.0.